The Morgan fingerprint density at radius 2 is 2.00 bits per heavy atom. The van der Waals surface area contributed by atoms with E-state index in [0.717, 1.165) is 17.3 Å². The Hall–Kier alpha value is -0.260. The molecule has 0 heteroatoms. The van der Waals surface area contributed by atoms with E-state index in [4.69, 9.17) is 0 Å². The van der Waals surface area contributed by atoms with Crippen LogP contribution in [0, 0.1) is 29.1 Å². The van der Waals surface area contributed by atoms with Crippen LogP contribution in [0.2, 0.25) is 0 Å². The quantitative estimate of drug-likeness (QED) is 0.559. The van der Waals surface area contributed by atoms with E-state index in [1.54, 1.807) is 12.8 Å². The van der Waals surface area contributed by atoms with Crippen molar-refractivity contribution >= 4 is 0 Å². The summed E-state index contributed by atoms with van der Waals surface area (Å²) in [6, 6.07) is 0. The van der Waals surface area contributed by atoms with Crippen LogP contribution in [0.1, 0.15) is 33.1 Å². The first kappa shape index (κ1) is 7.17. The average Bonchev–Trinajstić information content (AvgIpc) is 2.68. The van der Waals surface area contributed by atoms with Crippen molar-refractivity contribution in [1.29, 1.82) is 0 Å². The van der Waals surface area contributed by atoms with Crippen LogP contribution in [0.4, 0.5) is 0 Å². The molecule has 2 bridgehead atoms. The molecule has 4 aliphatic carbocycles. The van der Waals surface area contributed by atoms with Gasteiger partial charge in [0.1, 0.15) is 0 Å². The topological polar surface area (TPSA) is 0 Å². The third-order valence-electron chi connectivity index (χ3n) is 4.79. The second-order valence-electron chi connectivity index (χ2n) is 5.42. The summed E-state index contributed by atoms with van der Waals surface area (Å²) in [5, 5.41) is 0. The number of rotatable bonds is 3. The van der Waals surface area contributed by atoms with Crippen LogP contribution < -0.4 is 0 Å². The summed E-state index contributed by atoms with van der Waals surface area (Å²) in [6.07, 6.45) is 4.45. The molecule has 0 aromatic carbocycles. The van der Waals surface area contributed by atoms with Crippen molar-refractivity contribution < 1.29 is 0 Å². The zero-order valence-electron chi connectivity index (χ0n) is 8.14. The lowest BCUT2D eigenvalue weighted by Gasteiger charge is -2.13. The van der Waals surface area contributed by atoms with Crippen LogP contribution in [0.3, 0.4) is 0 Å². The third-order valence-corrected chi connectivity index (χ3v) is 4.79. The van der Waals surface area contributed by atoms with Crippen molar-refractivity contribution in [3.8, 4) is 0 Å². The summed E-state index contributed by atoms with van der Waals surface area (Å²) >= 11 is 0. The molecule has 0 spiro atoms. The highest BCUT2D eigenvalue weighted by molar-refractivity contribution is 5.37. The number of allylic oxidation sites excluding steroid dienone is 1. The molecule has 0 aromatic rings. The minimum atomic E-state index is 0.709. The molecule has 4 fully saturated rings. The largest absolute Gasteiger partial charge is 0.0996 e. The molecular weight excluding hydrogens is 144 g/mol. The van der Waals surface area contributed by atoms with Gasteiger partial charge in [-0.3, -0.25) is 0 Å². The molecule has 4 aliphatic rings. The first-order valence-electron chi connectivity index (χ1n) is 5.35. The summed E-state index contributed by atoms with van der Waals surface area (Å²) in [6.45, 7) is 8.76. The first-order valence-corrected chi connectivity index (χ1v) is 5.35. The Kier molecular flexibility index (Phi) is 1.08. The van der Waals surface area contributed by atoms with Crippen LogP contribution in [-0.2, 0) is 0 Å². The Balaban J connectivity index is 1.68. The zero-order valence-corrected chi connectivity index (χ0v) is 8.14. The minimum absolute atomic E-state index is 0.709. The van der Waals surface area contributed by atoms with E-state index in [9.17, 15) is 0 Å². The second-order valence-corrected chi connectivity index (χ2v) is 5.42. The van der Waals surface area contributed by atoms with E-state index in [1.165, 1.54) is 17.9 Å². The lowest BCUT2D eigenvalue weighted by molar-refractivity contribution is 0.471. The molecule has 12 heavy (non-hydrogen) atoms. The van der Waals surface area contributed by atoms with E-state index >= 15 is 0 Å². The molecule has 0 nitrogen and oxygen atoms in total. The van der Waals surface area contributed by atoms with Crippen LogP contribution in [0.5, 0.6) is 0 Å². The van der Waals surface area contributed by atoms with Gasteiger partial charge in [-0.2, -0.15) is 0 Å². The maximum absolute atomic E-state index is 4.20. The number of hydrogen-bond donors (Lipinski definition) is 0. The smallest absolute Gasteiger partial charge is 0.0164 e. The molecular formula is C12H18. The van der Waals surface area contributed by atoms with Gasteiger partial charge in [0.2, 0.25) is 0 Å². The van der Waals surface area contributed by atoms with E-state index in [-0.39, 0.29) is 0 Å². The third kappa shape index (κ3) is 0.582. The van der Waals surface area contributed by atoms with E-state index in [0.29, 0.717) is 5.92 Å². The van der Waals surface area contributed by atoms with Crippen molar-refractivity contribution in [3.63, 3.8) is 0 Å². The van der Waals surface area contributed by atoms with Gasteiger partial charge in [-0.25, -0.2) is 0 Å². The van der Waals surface area contributed by atoms with E-state index in [1.807, 2.05) is 0 Å². The molecule has 0 amide bonds. The average molecular weight is 162 g/mol. The van der Waals surface area contributed by atoms with Crippen LogP contribution in [0.25, 0.3) is 0 Å². The summed E-state index contributed by atoms with van der Waals surface area (Å²) < 4.78 is 0. The normalized spacial score (nSPS) is 52.4. The van der Waals surface area contributed by atoms with Gasteiger partial charge in [-0.05, 0) is 48.3 Å². The maximum Gasteiger partial charge on any atom is -0.0164 e. The molecule has 0 radical (unpaired) electrons. The highest BCUT2D eigenvalue weighted by Gasteiger charge is 2.87. The highest BCUT2D eigenvalue weighted by atomic mass is 14.9. The molecule has 0 aliphatic heterocycles. The predicted octanol–water partition coefficient (Wildman–Crippen LogP) is 3.24. The fraction of sp³-hybridized carbons (Fsp3) is 0.833. The van der Waals surface area contributed by atoms with Crippen molar-refractivity contribution in [2.75, 3.05) is 0 Å². The Morgan fingerprint density at radius 3 is 2.42 bits per heavy atom. The number of hydrogen-bond acceptors (Lipinski definition) is 0. The summed E-state index contributed by atoms with van der Waals surface area (Å²) in [5.41, 5.74) is 2.35. The molecule has 0 aromatic heterocycles. The summed E-state index contributed by atoms with van der Waals surface area (Å²) in [5.74, 6) is 4.18. The molecule has 0 N–H and O–H groups in total. The summed E-state index contributed by atoms with van der Waals surface area (Å²) in [7, 11) is 0. The van der Waals surface area contributed by atoms with Gasteiger partial charge in [-0.15, -0.1) is 0 Å². The van der Waals surface area contributed by atoms with Crippen LogP contribution in [-0.4, -0.2) is 0 Å². The molecule has 2 unspecified atom stereocenters. The van der Waals surface area contributed by atoms with Gasteiger partial charge in [0.15, 0.2) is 0 Å². The monoisotopic (exact) mass is 162 g/mol. The van der Waals surface area contributed by atoms with Crippen molar-refractivity contribution in [2.24, 2.45) is 29.1 Å². The fourth-order valence-electron chi connectivity index (χ4n) is 3.82. The van der Waals surface area contributed by atoms with Crippen molar-refractivity contribution in [2.45, 2.75) is 33.1 Å². The molecule has 4 saturated carbocycles. The lowest BCUT2D eigenvalue weighted by atomic mass is 9.92. The number of fused-ring (bicyclic) bond motifs is 1. The molecule has 0 saturated heterocycles. The van der Waals surface area contributed by atoms with Crippen LogP contribution in [0.15, 0.2) is 12.2 Å². The summed E-state index contributed by atoms with van der Waals surface area (Å²) in [4.78, 5) is 0. The molecule has 0 heterocycles. The van der Waals surface area contributed by atoms with Gasteiger partial charge in [0, 0.05) is 0 Å². The second kappa shape index (κ2) is 1.81. The van der Waals surface area contributed by atoms with E-state index in [2.05, 4.69) is 20.4 Å². The molecule has 66 valence electrons. The maximum atomic E-state index is 4.20. The van der Waals surface area contributed by atoms with Gasteiger partial charge in [-0.1, -0.05) is 26.0 Å². The Labute approximate surface area is 75.0 Å². The van der Waals surface area contributed by atoms with Crippen LogP contribution >= 0.6 is 0 Å². The van der Waals surface area contributed by atoms with Crippen molar-refractivity contribution in [3.05, 3.63) is 12.2 Å². The Bertz CT molecular complexity index is 227. The van der Waals surface area contributed by atoms with Crippen molar-refractivity contribution in [1.82, 2.24) is 0 Å². The Morgan fingerprint density at radius 1 is 1.42 bits per heavy atom. The fourth-order valence-corrected chi connectivity index (χ4v) is 3.82. The highest BCUT2D eigenvalue weighted by Crippen LogP contribution is 2.93. The predicted molar refractivity (Wildman–Crippen MR) is 50.7 cm³/mol. The lowest BCUT2D eigenvalue weighted by Crippen LogP contribution is -2.02. The van der Waals surface area contributed by atoms with Gasteiger partial charge in [0.05, 0.1) is 0 Å². The van der Waals surface area contributed by atoms with Gasteiger partial charge < -0.3 is 0 Å². The standard InChI is InChI=1S/C12H18/c1-7(2)8(3)6-12-9-4-5-10(12)11(9)12/h7,9-11H,3-6H2,1-2H3. The van der Waals surface area contributed by atoms with Gasteiger partial charge >= 0.3 is 0 Å². The van der Waals surface area contributed by atoms with Gasteiger partial charge in [0.25, 0.3) is 0 Å². The molecule has 4 rings (SSSR count). The first-order chi connectivity index (χ1) is 5.68. The minimum Gasteiger partial charge on any atom is -0.0996 e. The molecule has 2 atom stereocenters. The SMILES string of the molecule is C=C(CC12C3CCC1C32)C(C)C. The zero-order chi connectivity index (χ0) is 8.51. The van der Waals surface area contributed by atoms with E-state index < -0.39 is 0 Å².